The van der Waals surface area contributed by atoms with E-state index in [2.05, 4.69) is 4.57 Å². The normalized spacial score (nSPS) is 14.8. The molecule has 1 aliphatic carbocycles. The van der Waals surface area contributed by atoms with Crippen LogP contribution in [-0.2, 0) is 6.18 Å². The van der Waals surface area contributed by atoms with Crippen LogP contribution < -0.4 is 4.74 Å². The lowest BCUT2D eigenvalue weighted by atomic mass is 9.95. The van der Waals surface area contributed by atoms with Gasteiger partial charge in [0, 0.05) is 11.6 Å². The van der Waals surface area contributed by atoms with Gasteiger partial charge >= 0.3 is 12.1 Å². The molecule has 1 aromatic heterocycles. The number of alkyl halides is 3. The molecule has 5 nitrogen and oxygen atoms in total. The highest BCUT2D eigenvalue weighted by molar-refractivity contribution is 5.93. The third-order valence-electron chi connectivity index (χ3n) is 6.39. The number of imidazole rings is 1. The van der Waals surface area contributed by atoms with Crippen molar-refractivity contribution < 1.29 is 27.8 Å². The maximum Gasteiger partial charge on any atom is 0.416 e. The van der Waals surface area contributed by atoms with Crippen molar-refractivity contribution in [1.82, 2.24) is 9.55 Å². The zero-order chi connectivity index (χ0) is 24.6. The average molecular weight is 480 g/mol. The molecular formula is C27H23F3N2O3. The predicted octanol–water partition coefficient (Wildman–Crippen LogP) is 7.72. The van der Waals surface area contributed by atoms with E-state index in [1.54, 1.807) is 24.3 Å². The number of fused-ring (bicyclic) bond motifs is 1. The first-order valence-electron chi connectivity index (χ1n) is 11.5. The Balaban J connectivity index is 1.49. The van der Waals surface area contributed by atoms with Crippen molar-refractivity contribution in [2.45, 2.75) is 44.3 Å². The highest BCUT2D eigenvalue weighted by Crippen LogP contribution is 2.37. The monoisotopic (exact) mass is 480 g/mol. The molecule has 8 heteroatoms. The smallest absolute Gasteiger partial charge is 0.416 e. The standard InChI is InChI=1S/C27H23F3N2O3/c28-27(29,30)19-5-4-8-22(16-19)35-21-12-9-17(10-13-21)25-31-23-15-18(26(33)34)11-14-24(23)32(25)20-6-2-1-3-7-20/h4-5,8-16,20H,1-3,6-7H2,(H,33,34). The molecule has 1 aliphatic rings. The van der Waals surface area contributed by atoms with Crippen molar-refractivity contribution in [2.24, 2.45) is 0 Å². The van der Waals surface area contributed by atoms with E-state index in [1.165, 1.54) is 18.6 Å². The van der Waals surface area contributed by atoms with Gasteiger partial charge in [-0.2, -0.15) is 13.2 Å². The Bertz CT molecular complexity index is 1370. The summed E-state index contributed by atoms with van der Waals surface area (Å²) in [5.41, 5.74) is 1.74. The van der Waals surface area contributed by atoms with Crippen LogP contribution in [0.2, 0.25) is 0 Å². The van der Waals surface area contributed by atoms with Gasteiger partial charge in [0.15, 0.2) is 0 Å². The number of hydrogen-bond acceptors (Lipinski definition) is 3. The maximum absolute atomic E-state index is 13.0. The summed E-state index contributed by atoms with van der Waals surface area (Å²) < 4.78 is 46.9. The second-order valence-electron chi connectivity index (χ2n) is 8.76. The zero-order valence-electron chi connectivity index (χ0n) is 18.8. The first-order chi connectivity index (χ1) is 16.8. The van der Waals surface area contributed by atoms with Crippen LogP contribution >= 0.6 is 0 Å². The van der Waals surface area contributed by atoms with E-state index in [1.807, 2.05) is 18.2 Å². The first-order valence-corrected chi connectivity index (χ1v) is 11.5. The molecule has 0 unspecified atom stereocenters. The van der Waals surface area contributed by atoms with Gasteiger partial charge in [0.1, 0.15) is 17.3 Å². The Morgan fingerprint density at radius 3 is 2.37 bits per heavy atom. The second-order valence-corrected chi connectivity index (χ2v) is 8.76. The summed E-state index contributed by atoms with van der Waals surface area (Å²) in [4.78, 5) is 16.2. The Hall–Kier alpha value is -3.81. The molecule has 180 valence electrons. The van der Waals surface area contributed by atoms with E-state index in [9.17, 15) is 23.1 Å². The molecule has 1 fully saturated rings. The van der Waals surface area contributed by atoms with Crippen LogP contribution in [0.25, 0.3) is 22.4 Å². The number of hydrogen-bond donors (Lipinski definition) is 1. The second kappa shape index (κ2) is 9.09. The summed E-state index contributed by atoms with van der Waals surface area (Å²) in [6, 6.07) is 17.1. The van der Waals surface area contributed by atoms with E-state index < -0.39 is 17.7 Å². The molecule has 35 heavy (non-hydrogen) atoms. The van der Waals surface area contributed by atoms with Gasteiger partial charge in [-0.25, -0.2) is 9.78 Å². The van der Waals surface area contributed by atoms with E-state index in [0.29, 0.717) is 11.3 Å². The van der Waals surface area contributed by atoms with Gasteiger partial charge in [-0.15, -0.1) is 0 Å². The third-order valence-corrected chi connectivity index (χ3v) is 6.39. The van der Waals surface area contributed by atoms with Crippen LogP contribution in [-0.4, -0.2) is 20.6 Å². The van der Waals surface area contributed by atoms with Gasteiger partial charge in [0.2, 0.25) is 0 Å². The quantitative estimate of drug-likeness (QED) is 0.318. The minimum Gasteiger partial charge on any atom is -0.478 e. The topological polar surface area (TPSA) is 64.3 Å². The van der Waals surface area contributed by atoms with E-state index in [4.69, 9.17) is 9.72 Å². The number of aromatic nitrogens is 2. The van der Waals surface area contributed by atoms with Crippen molar-refractivity contribution in [2.75, 3.05) is 0 Å². The number of rotatable bonds is 5. The SMILES string of the molecule is O=C(O)c1ccc2c(c1)nc(-c1ccc(Oc3cccc(C(F)(F)F)c3)cc1)n2C1CCCCC1. The molecule has 0 saturated heterocycles. The summed E-state index contributed by atoms with van der Waals surface area (Å²) in [6.07, 6.45) is 1.05. The fourth-order valence-corrected chi connectivity index (χ4v) is 4.69. The fraction of sp³-hybridized carbons (Fsp3) is 0.259. The predicted molar refractivity (Wildman–Crippen MR) is 126 cm³/mol. The molecule has 0 atom stereocenters. The number of carboxylic acids is 1. The maximum atomic E-state index is 13.0. The Morgan fingerprint density at radius 1 is 0.943 bits per heavy atom. The zero-order valence-corrected chi connectivity index (χ0v) is 18.8. The summed E-state index contributed by atoms with van der Waals surface area (Å²) in [7, 11) is 0. The summed E-state index contributed by atoms with van der Waals surface area (Å²) >= 11 is 0. The summed E-state index contributed by atoms with van der Waals surface area (Å²) in [5.74, 6) is 0.238. The van der Waals surface area contributed by atoms with E-state index >= 15 is 0 Å². The Morgan fingerprint density at radius 2 is 1.69 bits per heavy atom. The van der Waals surface area contributed by atoms with Gasteiger partial charge < -0.3 is 14.4 Å². The molecule has 4 aromatic rings. The van der Waals surface area contributed by atoms with Crippen molar-refractivity contribution >= 4 is 17.0 Å². The first kappa shape index (κ1) is 23.0. The number of carbonyl (C=O) groups is 1. The lowest BCUT2D eigenvalue weighted by Crippen LogP contribution is -2.14. The number of nitrogens with zero attached hydrogens (tertiary/aromatic N) is 2. The van der Waals surface area contributed by atoms with Crippen molar-refractivity contribution in [3.8, 4) is 22.9 Å². The van der Waals surface area contributed by atoms with Gasteiger partial charge in [0.05, 0.1) is 22.2 Å². The van der Waals surface area contributed by atoms with Crippen LogP contribution in [0.5, 0.6) is 11.5 Å². The molecule has 0 spiro atoms. The molecule has 0 bridgehead atoms. The van der Waals surface area contributed by atoms with Crippen molar-refractivity contribution in [3.63, 3.8) is 0 Å². The lowest BCUT2D eigenvalue weighted by molar-refractivity contribution is -0.137. The Labute approximate surface area is 199 Å². The number of carboxylic acid groups (broad SMARTS) is 1. The molecule has 0 aliphatic heterocycles. The van der Waals surface area contributed by atoms with Gasteiger partial charge in [-0.1, -0.05) is 25.3 Å². The molecular weight excluding hydrogens is 457 g/mol. The van der Waals surface area contributed by atoms with Crippen LogP contribution in [0, 0.1) is 0 Å². The number of aromatic carboxylic acids is 1. The highest BCUT2D eigenvalue weighted by Gasteiger charge is 2.30. The molecule has 0 amide bonds. The summed E-state index contributed by atoms with van der Waals surface area (Å²) in [6.45, 7) is 0. The summed E-state index contributed by atoms with van der Waals surface area (Å²) in [5, 5.41) is 9.39. The third kappa shape index (κ3) is 4.73. The minimum atomic E-state index is -4.44. The largest absolute Gasteiger partial charge is 0.478 e. The Kier molecular flexibility index (Phi) is 5.96. The minimum absolute atomic E-state index is 0.100. The van der Waals surface area contributed by atoms with Gasteiger partial charge in [0.25, 0.3) is 0 Å². The number of halogens is 3. The van der Waals surface area contributed by atoms with E-state index in [-0.39, 0.29) is 17.4 Å². The van der Waals surface area contributed by atoms with Crippen LogP contribution in [0.1, 0.15) is 54.1 Å². The molecule has 1 heterocycles. The number of benzene rings is 3. The highest BCUT2D eigenvalue weighted by atomic mass is 19.4. The molecule has 5 rings (SSSR count). The number of ether oxygens (including phenoxy) is 1. The van der Waals surface area contributed by atoms with Crippen LogP contribution in [0.3, 0.4) is 0 Å². The fourth-order valence-electron chi connectivity index (χ4n) is 4.69. The van der Waals surface area contributed by atoms with Crippen LogP contribution in [0.4, 0.5) is 13.2 Å². The molecule has 3 aromatic carbocycles. The average Bonchev–Trinajstić information content (AvgIpc) is 3.23. The van der Waals surface area contributed by atoms with Crippen molar-refractivity contribution in [1.29, 1.82) is 0 Å². The molecule has 1 saturated carbocycles. The van der Waals surface area contributed by atoms with E-state index in [0.717, 1.165) is 54.7 Å². The lowest BCUT2D eigenvalue weighted by Gasteiger charge is -2.25. The molecule has 1 N–H and O–H groups in total. The van der Waals surface area contributed by atoms with Gasteiger partial charge in [-0.3, -0.25) is 0 Å². The van der Waals surface area contributed by atoms with Gasteiger partial charge in [-0.05, 0) is 73.5 Å². The molecule has 0 radical (unpaired) electrons. The van der Waals surface area contributed by atoms with Crippen LogP contribution in [0.15, 0.2) is 66.7 Å². The van der Waals surface area contributed by atoms with Crippen molar-refractivity contribution in [3.05, 3.63) is 77.9 Å².